The number of ketones is 1. The van der Waals surface area contributed by atoms with E-state index in [2.05, 4.69) is 10.0 Å². The van der Waals surface area contributed by atoms with E-state index in [9.17, 15) is 32.9 Å². The van der Waals surface area contributed by atoms with E-state index in [4.69, 9.17) is 4.74 Å². The number of hydrogen-bond acceptors (Lipinski definition) is 8. The number of nitro groups is 1. The Morgan fingerprint density at radius 2 is 1.74 bits per heavy atom. The van der Waals surface area contributed by atoms with Gasteiger partial charge in [-0.2, -0.15) is 0 Å². The zero-order valence-corrected chi connectivity index (χ0v) is 17.2. The predicted molar refractivity (Wildman–Crippen MR) is 108 cm³/mol. The van der Waals surface area contributed by atoms with Crippen LogP contribution < -0.4 is 10.0 Å². The summed E-state index contributed by atoms with van der Waals surface area (Å²) in [6.07, 6.45) is 0. The lowest BCUT2D eigenvalue weighted by Gasteiger charge is -2.08. The van der Waals surface area contributed by atoms with Crippen LogP contribution in [0.15, 0.2) is 53.4 Å². The van der Waals surface area contributed by atoms with Gasteiger partial charge in [0.25, 0.3) is 5.69 Å². The Bertz CT molecular complexity index is 1100. The molecule has 164 valence electrons. The van der Waals surface area contributed by atoms with Crippen molar-refractivity contribution in [2.75, 3.05) is 19.7 Å². The molecule has 0 aromatic heterocycles. The van der Waals surface area contributed by atoms with Crippen LogP contribution in [0.1, 0.15) is 15.9 Å². The highest BCUT2D eigenvalue weighted by Gasteiger charge is 2.17. The smallest absolute Gasteiger partial charge is 0.325 e. The molecule has 0 fully saturated rings. The van der Waals surface area contributed by atoms with Gasteiger partial charge in [0, 0.05) is 17.7 Å². The number of carbonyl (C=O) groups is 3. The minimum Gasteiger partial charge on any atom is -0.456 e. The highest BCUT2D eigenvalue weighted by atomic mass is 32.2. The normalized spacial score (nSPS) is 10.9. The maximum absolute atomic E-state index is 12.1. The molecule has 0 radical (unpaired) electrons. The Hall–Kier alpha value is -3.64. The standard InChI is InChI=1S/C19H19N3O8S/c1-13-5-7-16(8-6-13)31(28,29)21-10-18(24)20-11-19(25)30-12-17(23)14-3-2-4-15(9-14)22(26)27/h2-9,21H,10-12H2,1H3,(H,20,24). The van der Waals surface area contributed by atoms with Crippen LogP contribution in [0.3, 0.4) is 0 Å². The lowest BCUT2D eigenvalue weighted by atomic mass is 10.1. The predicted octanol–water partition coefficient (Wildman–Crippen LogP) is 0.724. The average Bonchev–Trinajstić information content (AvgIpc) is 2.75. The maximum atomic E-state index is 12.1. The fourth-order valence-corrected chi connectivity index (χ4v) is 3.25. The van der Waals surface area contributed by atoms with Crippen molar-refractivity contribution in [1.82, 2.24) is 10.0 Å². The van der Waals surface area contributed by atoms with E-state index < -0.39 is 52.3 Å². The highest BCUT2D eigenvalue weighted by molar-refractivity contribution is 7.89. The summed E-state index contributed by atoms with van der Waals surface area (Å²) < 4.78 is 31.0. The van der Waals surface area contributed by atoms with Crippen molar-refractivity contribution in [2.24, 2.45) is 0 Å². The first-order valence-corrected chi connectivity index (χ1v) is 10.3. The lowest BCUT2D eigenvalue weighted by Crippen LogP contribution is -2.39. The quantitative estimate of drug-likeness (QED) is 0.232. The molecule has 0 heterocycles. The van der Waals surface area contributed by atoms with Crippen LogP contribution in [-0.2, 0) is 24.3 Å². The Kier molecular flexibility index (Phi) is 7.94. The number of amides is 1. The minimum atomic E-state index is -3.89. The molecule has 0 unspecified atom stereocenters. The van der Waals surface area contributed by atoms with Gasteiger partial charge in [-0.1, -0.05) is 29.8 Å². The van der Waals surface area contributed by atoms with Gasteiger partial charge in [0.1, 0.15) is 6.54 Å². The number of ether oxygens (including phenoxy) is 1. The van der Waals surface area contributed by atoms with Gasteiger partial charge < -0.3 is 10.1 Å². The van der Waals surface area contributed by atoms with Gasteiger partial charge in [-0.05, 0) is 19.1 Å². The van der Waals surface area contributed by atoms with Gasteiger partial charge in [-0.3, -0.25) is 24.5 Å². The lowest BCUT2D eigenvalue weighted by molar-refractivity contribution is -0.384. The zero-order valence-electron chi connectivity index (χ0n) is 16.4. The molecule has 0 atom stereocenters. The molecule has 0 aliphatic rings. The molecule has 0 bridgehead atoms. The van der Waals surface area contributed by atoms with Gasteiger partial charge in [0.15, 0.2) is 6.61 Å². The number of hydrogen-bond donors (Lipinski definition) is 2. The molecular formula is C19H19N3O8S. The number of rotatable bonds is 10. The highest BCUT2D eigenvalue weighted by Crippen LogP contribution is 2.13. The number of esters is 1. The summed E-state index contributed by atoms with van der Waals surface area (Å²) in [7, 11) is -3.89. The largest absolute Gasteiger partial charge is 0.456 e. The van der Waals surface area contributed by atoms with Crippen LogP contribution in [0.25, 0.3) is 0 Å². The van der Waals surface area contributed by atoms with E-state index in [0.29, 0.717) is 0 Å². The Balaban J connectivity index is 1.76. The third kappa shape index (κ3) is 7.28. The van der Waals surface area contributed by atoms with Gasteiger partial charge >= 0.3 is 5.97 Å². The second-order valence-electron chi connectivity index (χ2n) is 6.31. The number of nitro benzene ring substituents is 1. The summed E-state index contributed by atoms with van der Waals surface area (Å²) in [4.78, 5) is 45.5. The van der Waals surface area contributed by atoms with Crippen LogP contribution >= 0.6 is 0 Å². The number of nitrogens with zero attached hydrogens (tertiary/aromatic N) is 1. The summed E-state index contributed by atoms with van der Waals surface area (Å²) in [6.45, 7) is -0.0625. The fourth-order valence-electron chi connectivity index (χ4n) is 2.27. The second-order valence-corrected chi connectivity index (χ2v) is 8.07. The molecule has 12 heteroatoms. The van der Waals surface area contributed by atoms with Crippen molar-refractivity contribution in [3.8, 4) is 0 Å². The average molecular weight is 449 g/mol. The number of nitrogens with one attached hydrogen (secondary N) is 2. The Morgan fingerprint density at radius 3 is 2.39 bits per heavy atom. The van der Waals surface area contributed by atoms with E-state index in [1.807, 2.05) is 0 Å². The van der Waals surface area contributed by atoms with Gasteiger partial charge in [-0.15, -0.1) is 0 Å². The molecule has 0 saturated carbocycles. The van der Waals surface area contributed by atoms with Crippen LogP contribution in [0.5, 0.6) is 0 Å². The van der Waals surface area contributed by atoms with Gasteiger partial charge in [0.05, 0.1) is 16.4 Å². The number of benzene rings is 2. The van der Waals surface area contributed by atoms with E-state index in [-0.39, 0.29) is 16.1 Å². The molecule has 2 N–H and O–H groups in total. The summed E-state index contributed by atoms with van der Waals surface area (Å²) in [6, 6.07) is 10.9. The number of non-ortho nitro benzene ring substituents is 1. The fraction of sp³-hybridized carbons (Fsp3) is 0.211. The van der Waals surface area contributed by atoms with Crippen LogP contribution in [0.4, 0.5) is 5.69 Å². The molecule has 2 aromatic rings. The zero-order chi connectivity index (χ0) is 23.0. The topological polar surface area (TPSA) is 162 Å². The van der Waals surface area contributed by atoms with E-state index in [1.54, 1.807) is 19.1 Å². The second kappa shape index (κ2) is 10.4. The molecule has 31 heavy (non-hydrogen) atoms. The van der Waals surface area contributed by atoms with Crippen molar-refractivity contribution in [3.63, 3.8) is 0 Å². The van der Waals surface area contributed by atoms with Crippen molar-refractivity contribution in [1.29, 1.82) is 0 Å². The van der Waals surface area contributed by atoms with E-state index >= 15 is 0 Å². The van der Waals surface area contributed by atoms with Crippen LogP contribution in [-0.4, -0.2) is 50.7 Å². The summed E-state index contributed by atoms with van der Waals surface area (Å²) in [5.74, 6) is -2.37. The number of aryl methyl sites for hydroxylation is 1. The minimum absolute atomic E-state index is 0.00320. The SMILES string of the molecule is Cc1ccc(S(=O)(=O)NCC(=O)NCC(=O)OCC(=O)c2cccc([N+](=O)[O-])c2)cc1. The monoisotopic (exact) mass is 449 g/mol. The van der Waals surface area contributed by atoms with Crippen molar-refractivity contribution < 1.29 is 32.5 Å². The first-order chi connectivity index (χ1) is 14.6. The third-order valence-corrected chi connectivity index (χ3v) is 5.34. The van der Waals surface area contributed by atoms with Gasteiger partial charge in [-0.25, -0.2) is 13.1 Å². The maximum Gasteiger partial charge on any atom is 0.325 e. The summed E-state index contributed by atoms with van der Waals surface area (Å²) in [5, 5.41) is 12.9. The number of sulfonamides is 1. The molecule has 11 nitrogen and oxygen atoms in total. The third-order valence-electron chi connectivity index (χ3n) is 3.93. The van der Waals surface area contributed by atoms with Crippen LogP contribution in [0.2, 0.25) is 0 Å². The summed E-state index contributed by atoms with van der Waals surface area (Å²) in [5.41, 5.74) is 0.591. The molecule has 0 spiro atoms. The number of carbonyl (C=O) groups excluding carboxylic acids is 3. The molecule has 0 saturated heterocycles. The first-order valence-electron chi connectivity index (χ1n) is 8.85. The Labute approximate surface area is 177 Å². The molecule has 1 amide bonds. The number of Topliss-reactive ketones (excluding diaryl/α,β-unsaturated/α-hetero) is 1. The molecular weight excluding hydrogens is 430 g/mol. The molecule has 2 aromatic carbocycles. The molecule has 2 rings (SSSR count). The van der Waals surface area contributed by atoms with Gasteiger partial charge in [0.2, 0.25) is 21.7 Å². The Morgan fingerprint density at radius 1 is 1.06 bits per heavy atom. The van der Waals surface area contributed by atoms with E-state index in [1.165, 1.54) is 30.3 Å². The van der Waals surface area contributed by atoms with Crippen LogP contribution in [0, 0.1) is 17.0 Å². The van der Waals surface area contributed by atoms with Crippen molar-refractivity contribution in [2.45, 2.75) is 11.8 Å². The van der Waals surface area contributed by atoms with Crippen molar-refractivity contribution >= 4 is 33.4 Å². The first kappa shape index (κ1) is 23.6. The molecule has 0 aliphatic heterocycles. The van der Waals surface area contributed by atoms with Crippen molar-refractivity contribution in [3.05, 3.63) is 69.8 Å². The molecule has 0 aliphatic carbocycles. The summed E-state index contributed by atoms with van der Waals surface area (Å²) >= 11 is 0. The van der Waals surface area contributed by atoms with E-state index in [0.717, 1.165) is 11.6 Å².